The maximum Gasteiger partial charge on any atom is 0.338 e. The number of ether oxygens (including phenoxy) is 1. The van der Waals surface area contributed by atoms with Gasteiger partial charge in [0.1, 0.15) is 0 Å². The molecular formula is C16H22N2O3. The van der Waals surface area contributed by atoms with E-state index >= 15 is 0 Å². The Hall–Kier alpha value is -2.30. The second-order valence-electron chi connectivity index (χ2n) is 4.59. The summed E-state index contributed by atoms with van der Waals surface area (Å²) in [4.78, 5) is 23.0. The van der Waals surface area contributed by atoms with Crippen molar-refractivity contribution in [3.8, 4) is 0 Å². The summed E-state index contributed by atoms with van der Waals surface area (Å²) in [5, 5.41) is 5.41. The minimum absolute atomic E-state index is 0.253. The molecule has 0 bridgehead atoms. The molecule has 2 amide bonds. The molecular weight excluding hydrogens is 268 g/mol. The average Bonchev–Trinajstić information content (AvgIpc) is 2.51. The molecule has 0 radical (unpaired) electrons. The molecule has 0 unspecified atom stereocenters. The third kappa shape index (κ3) is 6.12. The molecule has 5 nitrogen and oxygen atoms in total. The van der Waals surface area contributed by atoms with E-state index in [2.05, 4.69) is 10.6 Å². The van der Waals surface area contributed by atoms with E-state index in [9.17, 15) is 9.59 Å². The highest BCUT2D eigenvalue weighted by molar-refractivity contribution is 5.89. The summed E-state index contributed by atoms with van der Waals surface area (Å²) in [6.45, 7) is 6.50. The van der Waals surface area contributed by atoms with Crippen LogP contribution in [0.3, 0.4) is 0 Å². The van der Waals surface area contributed by atoms with Crippen LogP contribution in [0.1, 0.15) is 43.1 Å². The maximum absolute atomic E-state index is 11.6. The third-order valence-corrected chi connectivity index (χ3v) is 2.93. The topological polar surface area (TPSA) is 67.4 Å². The molecule has 0 fully saturated rings. The van der Waals surface area contributed by atoms with E-state index in [-0.39, 0.29) is 12.0 Å². The smallest absolute Gasteiger partial charge is 0.338 e. The van der Waals surface area contributed by atoms with E-state index in [1.807, 2.05) is 13.8 Å². The quantitative estimate of drug-likeness (QED) is 0.791. The van der Waals surface area contributed by atoms with Crippen molar-refractivity contribution in [2.45, 2.75) is 33.7 Å². The number of esters is 1. The number of benzene rings is 1. The Morgan fingerprint density at radius 2 is 1.86 bits per heavy atom. The van der Waals surface area contributed by atoms with E-state index in [4.69, 9.17) is 4.74 Å². The molecule has 21 heavy (non-hydrogen) atoms. The predicted molar refractivity (Wildman–Crippen MR) is 81.8 cm³/mol. The van der Waals surface area contributed by atoms with Crippen molar-refractivity contribution in [1.82, 2.24) is 10.6 Å². The van der Waals surface area contributed by atoms with Crippen molar-refractivity contribution in [1.29, 1.82) is 0 Å². The van der Waals surface area contributed by atoms with Gasteiger partial charge in [-0.1, -0.05) is 24.6 Å². The zero-order valence-corrected chi connectivity index (χ0v) is 12.7. The highest BCUT2D eigenvalue weighted by Gasteiger charge is 2.05. The van der Waals surface area contributed by atoms with Gasteiger partial charge >= 0.3 is 12.0 Å². The first kappa shape index (κ1) is 16.8. The van der Waals surface area contributed by atoms with E-state index in [0.717, 1.165) is 17.6 Å². The van der Waals surface area contributed by atoms with Crippen molar-refractivity contribution in [2.75, 3.05) is 6.61 Å². The largest absolute Gasteiger partial charge is 0.462 e. The van der Waals surface area contributed by atoms with Crippen molar-refractivity contribution >= 4 is 12.0 Å². The highest BCUT2D eigenvalue weighted by Crippen LogP contribution is 2.06. The Labute approximate surface area is 125 Å². The molecule has 0 heterocycles. The first-order valence-electron chi connectivity index (χ1n) is 7.02. The Kier molecular flexibility index (Phi) is 7.01. The van der Waals surface area contributed by atoms with Crippen LogP contribution in [0.4, 0.5) is 4.79 Å². The number of hydrogen-bond donors (Lipinski definition) is 2. The normalized spacial score (nSPS) is 10.9. The second-order valence-corrected chi connectivity index (χ2v) is 4.59. The number of carbonyl (C=O) groups is 2. The van der Waals surface area contributed by atoms with Gasteiger partial charge in [-0.2, -0.15) is 0 Å². The summed E-state index contributed by atoms with van der Waals surface area (Å²) < 4.78 is 4.91. The van der Waals surface area contributed by atoms with Crippen molar-refractivity contribution in [3.63, 3.8) is 0 Å². The van der Waals surface area contributed by atoms with Gasteiger partial charge in [0.15, 0.2) is 0 Å². The van der Waals surface area contributed by atoms with Crippen LogP contribution in [0.2, 0.25) is 0 Å². The van der Waals surface area contributed by atoms with Gasteiger partial charge < -0.3 is 15.4 Å². The molecule has 2 N–H and O–H groups in total. The van der Waals surface area contributed by atoms with Gasteiger partial charge in [0.05, 0.1) is 12.2 Å². The highest BCUT2D eigenvalue weighted by atomic mass is 16.5. The van der Waals surface area contributed by atoms with Gasteiger partial charge in [-0.05, 0) is 38.0 Å². The molecule has 114 valence electrons. The molecule has 0 aliphatic heterocycles. The fraction of sp³-hybridized carbons (Fsp3) is 0.375. The molecule has 0 atom stereocenters. The lowest BCUT2D eigenvalue weighted by Gasteiger charge is -2.07. The van der Waals surface area contributed by atoms with Crippen LogP contribution in [0.5, 0.6) is 0 Å². The molecule has 1 aromatic rings. The van der Waals surface area contributed by atoms with Gasteiger partial charge in [0.25, 0.3) is 0 Å². The van der Waals surface area contributed by atoms with E-state index in [0.29, 0.717) is 18.7 Å². The minimum atomic E-state index is -0.338. The summed E-state index contributed by atoms with van der Waals surface area (Å²) in [5.74, 6) is -0.338. The molecule has 0 aliphatic rings. The summed E-state index contributed by atoms with van der Waals surface area (Å²) >= 11 is 0. The summed E-state index contributed by atoms with van der Waals surface area (Å²) in [5.41, 5.74) is 2.52. The van der Waals surface area contributed by atoms with Gasteiger partial charge in [0, 0.05) is 12.7 Å². The third-order valence-electron chi connectivity index (χ3n) is 2.93. The van der Waals surface area contributed by atoms with Gasteiger partial charge in [-0.3, -0.25) is 0 Å². The van der Waals surface area contributed by atoms with Crippen LogP contribution in [0.25, 0.3) is 0 Å². The molecule has 0 saturated heterocycles. The van der Waals surface area contributed by atoms with Crippen molar-refractivity contribution < 1.29 is 14.3 Å². The number of urea groups is 1. The summed E-state index contributed by atoms with van der Waals surface area (Å²) in [6.07, 6.45) is 2.59. The number of hydrogen-bond acceptors (Lipinski definition) is 3. The Morgan fingerprint density at radius 1 is 1.19 bits per heavy atom. The number of rotatable bonds is 6. The number of nitrogens with one attached hydrogen (secondary N) is 2. The molecule has 0 aliphatic carbocycles. The first-order valence-corrected chi connectivity index (χ1v) is 7.02. The zero-order valence-electron chi connectivity index (χ0n) is 12.7. The van der Waals surface area contributed by atoms with Crippen LogP contribution in [-0.4, -0.2) is 18.6 Å². The number of allylic oxidation sites excluding steroid dienone is 1. The van der Waals surface area contributed by atoms with Crippen molar-refractivity contribution in [2.24, 2.45) is 0 Å². The predicted octanol–water partition coefficient (Wildman–Crippen LogP) is 2.98. The Balaban J connectivity index is 2.46. The van der Waals surface area contributed by atoms with Crippen LogP contribution in [-0.2, 0) is 11.3 Å². The molecule has 0 saturated carbocycles. The zero-order chi connectivity index (χ0) is 15.7. The molecule has 1 aromatic carbocycles. The second kappa shape index (κ2) is 8.79. The van der Waals surface area contributed by atoms with E-state index in [1.54, 1.807) is 37.4 Å². The Morgan fingerprint density at radius 3 is 2.43 bits per heavy atom. The lowest BCUT2D eigenvalue weighted by atomic mass is 10.1. The Bertz CT molecular complexity index is 507. The SMILES string of the molecule is CCOC(=O)c1ccc(CNC(=O)N/C=C(\C)CC)cc1. The monoisotopic (exact) mass is 290 g/mol. The average molecular weight is 290 g/mol. The van der Waals surface area contributed by atoms with Crippen molar-refractivity contribution in [3.05, 3.63) is 47.2 Å². The standard InChI is InChI=1S/C16H22N2O3/c1-4-12(3)10-17-16(20)18-11-13-6-8-14(9-7-13)15(19)21-5-2/h6-10H,4-5,11H2,1-3H3,(H2,17,18,20)/b12-10+. The summed E-state index contributed by atoms with van der Waals surface area (Å²) in [7, 11) is 0. The fourth-order valence-electron chi connectivity index (χ4n) is 1.50. The van der Waals surface area contributed by atoms with Crippen LogP contribution < -0.4 is 10.6 Å². The van der Waals surface area contributed by atoms with Crippen LogP contribution in [0.15, 0.2) is 36.0 Å². The van der Waals surface area contributed by atoms with E-state index < -0.39 is 0 Å². The van der Waals surface area contributed by atoms with Crippen LogP contribution >= 0.6 is 0 Å². The fourth-order valence-corrected chi connectivity index (χ4v) is 1.50. The summed E-state index contributed by atoms with van der Waals surface area (Å²) in [6, 6.07) is 6.71. The number of amides is 2. The molecule has 5 heteroatoms. The van der Waals surface area contributed by atoms with Gasteiger partial charge in [0.2, 0.25) is 0 Å². The van der Waals surface area contributed by atoms with Crippen LogP contribution in [0, 0.1) is 0 Å². The molecule has 0 aromatic heterocycles. The molecule has 1 rings (SSSR count). The lowest BCUT2D eigenvalue weighted by Crippen LogP contribution is -2.31. The number of carbonyl (C=O) groups excluding carboxylic acids is 2. The van der Waals surface area contributed by atoms with Gasteiger partial charge in [-0.15, -0.1) is 0 Å². The van der Waals surface area contributed by atoms with Gasteiger partial charge in [-0.25, -0.2) is 9.59 Å². The first-order chi connectivity index (χ1) is 10.1. The lowest BCUT2D eigenvalue weighted by molar-refractivity contribution is 0.0526. The maximum atomic E-state index is 11.6. The minimum Gasteiger partial charge on any atom is -0.462 e. The molecule has 0 spiro atoms. The van der Waals surface area contributed by atoms with E-state index in [1.165, 1.54) is 0 Å².